The van der Waals surface area contributed by atoms with Gasteiger partial charge in [-0.05, 0) is 42.8 Å². The van der Waals surface area contributed by atoms with Gasteiger partial charge >= 0.3 is 0 Å². The van der Waals surface area contributed by atoms with Crippen molar-refractivity contribution in [3.63, 3.8) is 0 Å². The van der Waals surface area contributed by atoms with Crippen LogP contribution in [0.4, 0.5) is 5.95 Å². The molecular weight excluding hydrogens is 342 g/mol. The quantitative estimate of drug-likeness (QED) is 0.645. The molecule has 0 radical (unpaired) electrons. The molecule has 0 spiro atoms. The van der Waals surface area contributed by atoms with Crippen molar-refractivity contribution in [1.29, 1.82) is 0 Å². The molecule has 1 N–H and O–H groups in total. The molecule has 0 aromatic carbocycles. The number of rotatable bonds is 7. The molecule has 0 saturated carbocycles. The van der Waals surface area contributed by atoms with E-state index in [-0.39, 0.29) is 0 Å². The summed E-state index contributed by atoms with van der Waals surface area (Å²) in [5, 5.41) is 3.33. The highest BCUT2D eigenvalue weighted by Gasteiger charge is 2.14. The summed E-state index contributed by atoms with van der Waals surface area (Å²) in [7, 11) is 0. The van der Waals surface area contributed by atoms with Crippen LogP contribution in [0.5, 0.6) is 0 Å². The summed E-state index contributed by atoms with van der Waals surface area (Å²) < 4.78 is 11.0. The van der Waals surface area contributed by atoms with Crippen LogP contribution in [-0.2, 0) is 4.74 Å². The molecule has 0 amide bonds. The van der Waals surface area contributed by atoms with E-state index >= 15 is 0 Å². The molecule has 7 nitrogen and oxygen atoms in total. The molecule has 7 heteroatoms. The van der Waals surface area contributed by atoms with Crippen LogP contribution in [0.25, 0.3) is 22.6 Å². The number of nitrogens with one attached hydrogen (secondary N) is 1. The van der Waals surface area contributed by atoms with E-state index in [1.54, 1.807) is 18.7 Å². The summed E-state index contributed by atoms with van der Waals surface area (Å²) in [6, 6.07) is 7.67. The number of pyridine rings is 1. The van der Waals surface area contributed by atoms with Gasteiger partial charge in [-0.3, -0.25) is 9.88 Å². The number of furan rings is 1. The van der Waals surface area contributed by atoms with E-state index in [0.717, 1.165) is 68.4 Å². The predicted molar refractivity (Wildman–Crippen MR) is 103 cm³/mol. The van der Waals surface area contributed by atoms with E-state index < -0.39 is 0 Å². The van der Waals surface area contributed by atoms with Gasteiger partial charge < -0.3 is 14.5 Å². The van der Waals surface area contributed by atoms with E-state index in [2.05, 4.69) is 20.2 Å². The average Bonchev–Trinajstić information content (AvgIpc) is 3.27. The SMILES string of the molecule is c1coc(-c2nc(NCCCN3CCOCC3)ncc2-c2ccncc2)c1. The summed E-state index contributed by atoms with van der Waals surface area (Å²) in [6.07, 6.45) is 8.05. The van der Waals surface area contributed by atoms with Crippen molar-refractivity contribution < 1.29 is 9.15 Å². The third kappa shape index (κ3) is 4.50. The monoisotopic (exact) mass is 365 g/mol. The van der Waals surface area contributed by atoms with Gasteiger partial charge in [-0.15, -0.1) is 0 Å². The van der Waals surface area contributed by atoms with Crippen LogP contribution in [0.1, 0.15) is 6.42 Å². The van der Waals surface area contributed by atoms with Crippen LogP contribution >= 0.6 is 0 Å². The second-order valence-electron chi connectivity index (χ2n) is 6.40. The van der Waals surface area contributed by atoms with Crippen molar-refractivity contribution in [2.75, 3.05) is 44.7 Å². The highest BCUT2D eigenvalue weighted by Crippen LogP contribution is 2.30. The predicted octanol–water partition coefficient (Wildman–Crippen LogP) is 2.93. The fourth-order valence-electron chi connectivity index (χ4n) is 3.14. The Labute approximate surface area is 158 Å². The molecule has 0 aliphatic carbocycles. The molecule has 4 heterocycles. The molecule has 1 saturated heterocycles. The van der Waals surface area contributed by atoms with Gasteiger partial charge in [0.25, 0.3) is 0 Å². The lowest BCUT2D eigenvalue weighted by atomic mass is 10.1. The zero-order valence-corrected chi connectivity index (χ0v) is 15.2. The van der Waals surface area contributed by atoms with Gasteiger partial charge in [0.1, 0.15) is 5.69 Å². The number of aromatic nitrogens is 3. The lowest BCUT2D eigenvalue weighted by molar-refractivity contribution is 0.0378. The molecule has 4 rings (SSSR count). The molecular formula is C20H23N5O2. The lowest BCUT2D eigenvalue weighted by Gasteiger charge is -2.26. The molecule has 1 aliphatic heterocycles. The maximum absolute atomic E-state index is 5.59. The molecule has 1 aliphatic rings. The molecule has 3 aromatic rings. The molecule has 0 bridgehead atoms. The van der Waals surface area contributed by atoms with Crippen LogP contribution < -0.4 is 5.32 Å². The van der Waals surface area contributed by atoms with E-state index in [9.17, 15) is 0 Å². The van der Waals surface area contributed by atoms with Crippen molar-refractivity contribution in [1.82, 2.24) is 19.9 Å². The minimum absolute atomic E-state index is 0.612. The standard InChI is InChI=1S/C20H23N5O2/c1-3-18(27-12-1)19-17(16-4-7-21-8-5-16)15-23-20(24-19)22-6-2-9-25-10-13-26-14-11-25/h1,3-5,7-8,12,15H,2,6,9-11,13-14H2,(H,22,23,24). The lowest BCUT2D eigenvalue weighted by Crippen LogP contribution is -2.37. The van der Waals surface area contributed by atoms with Crippen LogP contribution in [0.3, 0.4) is 0 Å². The summed E-state index contributed by atoms with van der Waals surface area (Å²) >= 11 is 0. The largest absolute Gasteiger partial charge is 0.463 e. The number of hydrogen-bond acceptors (Lipinski definition) is 7. The zero-order chi connectivity index (χ0) is 18.3. The summed E-state index contributed by atoms with van der Waals surface area (Å²) in [5.41, 5.74) is 2.71. The Morgan fingerprint density at radius 3 is 2.74 bits per heavy atom. The molecule has 27 heavy (non-hydrogen) atoms. The van der Waals surface area contributed by atoms with Crippen LogP contribution in [0.2, 0.25) is 0 Å². The number of nitrogens with zero attached hydrogens (tertiary/aromatic N) is 4. The number of ether oxygens (including phenoxy) is 1. The number of hydrogen-bond donors (Lipinski definition) is 1. The normalized spacial score (nSPS) is 15.0. The molecule has 140 valence electrons. The van der Waals surface area contributed by atoms with Gasteiger partial charge in [0, 0.05) is 43.8 Å². The van der Waals surface area contributed by atoms with E-state index in [1.807, 2.05) is 30.5 Å². The van der Waals surface area contributed by atoms with Gasteiger partial charge in [0.2, 0.25) is 5.95 Å². The van der Waals surface area contributed by atoms with Crippen molar-refractivity contribution >= 4 is 5.95 Å². The minimum atomic E-state index is 0.612. The number of morpholine rings is 1. The van der Waals surface area contributed by atoms with E-state index in [1.165, 1.54) is 0 Å². The van der Waals surface area contributed by atoms with E-state index in [4.69, 9.17) is 14.1 Å². The Morgan fingerprint density at radius 1 is 1.11 bits per heavy atom. The van der Waals surface area contributed by atoms with Gasteiger partial charge in [-0.25, -0.2) is 9.97 Å². The Kier molecular flexibility index (Phi) is 5.71. The first kappa shape index (κ1) is 17.6. The average molecular weight is 365 g/mol. The topological polar surface area (TPSA) is 76.3 Å². The van der Waals surface area contributed by atoms with Gasteiger partial charge in [-0.1, -0.05) is 0 Å². The van der Waals surface area contributed by atoms with Crippen LogP contribution in [-0.4, -0.2) is 59.2 Å². The molecule has 0 unspecified atom stereocenters. The Bertz CT molecular complexity index is 833. The minimum Gasteiger partial charge on any atom is -0.463 e. The molecule has 0 atom stereocenters. The highest BCUT2D eigenvalue weighted by molar-refractivity contribution is 5.78. The second-order valence-corrected chi connectivity index (χ2v) is 6.40. The Balaban J connectivity index is 1.45. The molecule has 3 aromatic heterocycles. The Morgan fingerprint density at radius 2 is 1.96 bits per heavy atom. The summed E-state index contributed by atoms with van der Waals surface area (Å²) in [5.74, 6) is 1.33. The smallest absolute Gasteiger partial charge is 0.223 e. The third-order valence-corrected chi connectivity index (χ3v) is 4.57. The number of anilines is 1. The fraction of sp³-hybridized carbons (Fsp3) is 0.350. The van der Waals surface area contributed by atoms with Crippen LogP contribution in [0, 0.1) is 0 Å². The van der Waals surface area contributed by atoms with Crippen molar-refractivity contribution in [2.45, 2.75) is 6.42 Å². The first-order valence-corrected chi connectivity index (χ1v) is 9.25. The second kappa shape index (κ2) is 8.75. The van der Waals surface area contributed by atoms with E-state index in [0.29, 0.717) is 5.95 Å². The third-order valence-electron chi connectivity index (χ3n) is 4.57. The van der Waals surface area contributed by atoms with Gasteiger partial charge in [0.15, 0.2) is 5.76 Å². The maximum Gasteiger partial charge on any atom is 0.223 e. The first-order valence-electron chi connectivity index (χ1n) is 9.25. The first-order chi connectivity index (χ1) is 13.4. The van der Waals surface area contributed by atoms with Crippen LogP contribution in [0.15, 0.2) is 53.5 Å². The van der Waals surface area contributed by atoms with Gasteiger partial charge in [0.05, 0.1) is 19.5 Å². The van der Waals surface area contributed by atoms with Crippen molar-refractivity contribution in [3.8, 4) is 22.6 Å². The fourth-order valence-corrected chi connectivity index (χ4v) is 3.14. The Hall–Kier alpha value is -2.77. The summed E-state index contributed by atoms with van der Waals surface area (Å²) in [4.78, 5) is 15.7. The van der Waals surface area contributed by atoms with Gasteiger partial charge in [-0.2, -0.15) is 0 Å². The van der Waals surface area contributed by atoms with Crippen molar-refractivity contribution in [3.05, 3.63) is 49.1 Å². The zero-order valence-electron chi connectivity index (χ0n) is 15.2. The highest BCUT2D eigenvalue weighted by atomic mass is 16.5. The maximum atomic E-state index is 5.59. The summed E-state index contributed by atoms with van der Waals surface area (Å²) in [6.45, 7) is 5.57. The molecule has 1 fully saturated rings. The van der Waals surface area contributed by atoms with Crippen molar-refractivity contribution in [2.24, 2.45) is 0 Å².